The summed E-state index contributed by atoms with van der Waals surface area (Å²) in [5.74, 6) is 0.479. The highest BCUT2D eigenvalue weighted by Gasteiger charge is 2.07. The quantitative estimate of drug-likeness (QED) is 0.721. The number of fused-ring (bicyclic) bond motifs is 1. The summed E-state index contributed by atoms with van der Waals surface area (Å²) in [6.45, 7) is 0. The first kappa shape index (κ1) is 8.55. The molecule has 0 radical (unpaired) electrons. The molecule has 0 aliphatic rings. The summed E-state index contributed by atoms with van der Waals surface area (Å²) in [4.78, 5) is 10.9. The number of hydrogen-bond donors (Lipinski definition) is 2. The largest absolute Gasteiger partial charge is 0.453 e. The number of para-hydroxylation sites is 1. The van der Waals surface area contributed by atoms with Crippen molar-refractivity contribution in [2.75, 3.05) is 12.4 Å². The molecule has 0 saturated heterocycles. The first-order chi connectivity index (χ1) is 6.81. The van der Waals surface area contributed by atoms with Crippen molar-refractivity contribution in [3.63, 3.8) is 0 Å². The zero-order valence-corrected chi connectivity index (χ0v) is 7.57. The molecule has 0 bridgehead atoms. The van der Waals surface area contributed by atoms with Crippen LogP contribution in [0.4, 0.5) is 10.6 Å². The highest BCUT2D eigenvalue weighted by molar-refractivity contribution is 5.96. The van der Waals surface area contributed by atoms with E-state index in [0.29, 0.717) is 5.82 Å². The average Bonchev–Trinajstić information content (AvgIpc) is 2.62. The van der Waals surface area contributed by atoms with Crippen LogP contribution in [0.1, 0.15) is 0 Å². The van der Waals surface area contributed by atoms with E-state index in [2.05, 4.69) is 20.3 Å². The Labute approximate surface area is 80.1 Å². The second-order valence-electron chi connectivity index (χ2n) is 2.73. The number of ether oxygens (including phenoxy) is 1. The number of anilines is 1. The Kier molecular flexibility index (Phi) is 2.06. The smallest absolute Gasteiger partial charge is 0.412 e. The standard InChI is InChI=1S/C9H9N3O2/c1-14-9(13)10-8-6-4-2-3-5-7(6)11-12-8/h2-5H,1H3,(H2,10,11,12,13). The minimum Gasteiger partial charge on any atom is -0.453 e. The number of methoxy groups -OCH3 is 1. The molecule has 1 aromatic heterocycles. The van der Waals surface area contributed by atoms with Gasteiger partial charge in [0.1, 0.15) is 0 Å². The number of carbonyl (C=O) groups excluding carboxylic acids is 1. The molecule has 0 unspecified atom stereocenters. The minimum atomic E-state index is -0.526. The van der Waals surface area contributed by atoms with Crippen molar-refractivity contribution in [3.05, 3.63) is 24.3 Å². The van der Waals surface area contributed by atoms with Gasteiger partial charge in [-0.15, -0.1) is 0 Å². The van der Waals surface area contributed by atoms with Crippen LogP contribution in [0.2, 0.25) is 0 Å². The van der Waals surface area contributed by atoms with Gasteiger partial charge in [0, 0.05) is 5.39 Å². The molecule has 2 rings (SSSR count). The van der Waals surface area contributed by atoms with Crippen molar-refractivity contribution in [3.8, 4) is 0 Å². The molecule has 72 valence electrons. The zero-order valence-electron chi connectivity index (χ0n) is 7.57. The van der Waals surface area contributed by atoms with Crippen LogP contribution in [0.3, 0.4) is 0 Å². The lowest BCUT2D eigenvalue weighted by atomic mass is 10.2. The molecule has 0 aliphatic carbocycles. The molecule has 14 heavy (non-hydrogen) atoms. The summed E-state index contributed by atoms with van der Waals surface area (Å²) >= 11 is 0. The molecule has 1 aromatic carbocycles. The van der Waals surface area contributed by atoms with Crippen LogP contribution >= 0.6 is 0 Å². The lowest BCUT2D eigenvalue weighted by molar-refractivity contribution is 0.187. The van der Waals surface area contributed by atoms with Crippen LogP contribution in [0.5, 0.6) is 0 Å². The van der Waals surface area contributed by atoms with Crippen molar-refractivity contribution in [1.29, 1.82) is 0 Å². The van der Waals surface area contributed by atoms with Gasteiger partial charge in [-0.2, -0.15) is 5.10 Å². The summed E-state index contributed by atoms with van der Waals surface area (Å²) in [6.07, 6.45) is -0.526. The van der Waals surface area contributed by atoms with Crippen molar-refractivity contribution >= 4 is 22.8 Å². The molecule has 0 aliphatic heterocycles. The van der Waals surface area contributed by atoms with Gasteiger partial charge in [-0.1, -0.05) is 12.1 Å². The molecule has 1 amide bonds. The van der Waals surface area contributed by atoms with Gasteiger partial charge in [0.2, 0.25) is 0 Å². The fourth-order valence-electron chi connectivity index (χ4n) is 1.21. The van der Waals surface area contributed by atoms with Gasteiger partial charge in [-0.3, -0.25) is 10.4 Å². The van der Waals surface area contributed by atoms with E-state index in [0.717, 1.165) is 10.9 Å². The summed E-state index contributed by atoms with van der Waals surface area (Å²) in [7, 11) is 1.31. The molecule has 0 fully saturated rings. The Balaban J connectivity index is 2.38. The number of hydrogen-bond acceptors (Lipinski definition) is 3. The van der Waals surface area contributed by atoms with Crippen LogP contribution < -0.4 is 5.32 Å². The molecule has 5 heteroatoms. The third-order valence-corrected chi connectivity index (χ3v) is 1.88. The van der Waals surface area contributed by atoms with Crippen LogP contribution in [-0.4, -0.2) is 23.4 Å². The highest BCUT2D eigenvalue weighted by atomic mass is 16.5. The number of amides is 1. The number of carbonyl (C=O) groups is 1. The van der Waals surface area contributed by atoms with Gasteiger partial charge >= 0.3 is 6.09 Å². The van der Waals surface area contributed by atoms with Gasteiger partial charge < -0.3 is 4.74 Å². The predicted molar refractivity (Wildman–Crippen MR) is 52.1 cm³/mol. The minimum absolute atomic E-state index is 0.479. The number of aromatic nitrogens is 2. The maximum Gasteiger partial charge on any atom is 0.412 e. The number of nitrogens with one attached hydrogen (secondary N) is 2. The summed E-state index contributed by atoms with van der Waals surface area (Å²) in [5.41, 5.74) is 0.874. The first-order valence-electron chi connectivity index (χ1n) is 4.09. The average molecular weight is 191 g/mol. The normalized spacial score (nSPS) is 10.1. The van der Waals surface area contributed by atoms with Gasteiger partial charge in [0.25, 0.3) is 0 Å². The van der Waals surface area contributed by atoms with Gasteiger partial charge in [-0.25, -0.2) is 4.79 Å². The Bertz CT molecular complexity index is 464. The third kappa shape index (κ3) is 1.39. The Morgan fingerprint density at radius 2 is 2.29 bits per heavy atom. The number of benzene rings is 1. The monoisotopic (exact) mass is 191 g/mol. The summed E-state index contributed by atoms with van der Waals surface area (Å²) in [6, 6.07) is 7.51. The maximum atomic E-state index is 10.9. The van der Waals surface area contributed by atoms with E-state index in [-0.39, 0.29) is 0 Å². The molecule has 0 spiro atoms. The van der Waals surface area contributed by atoms with Crippen molar-refractivity contribution in [1.82, 2.24) is 10.2 Å². The zero-order chi connectivity index (χ0) is 9.97. The van der Waals surface area contributed by atoms with E-state index < -0.39 is 6.09 Å². The van der Waals surface area contributed by atoms with Crippen LogP contribution in [-0.2, 0) is 4.74 Å². The van der Waals surface area contributed by atoms with E-state index >= 15 is 0 Å². The van der Waals surface area contributed by atoms with Crippen LogP contribution in [0.25, 0.3) is 10.9 Å². The van der Waals surface area contributed by atoms with Gasteiger partial charge in [0.15, 0.2) is 5.82 Å². The maximum absolute atomic E-state index is 10.9. The number of rotatable bonds is 1. The van der Waals surface area contributed by atoms with Gasteiger partial charge in [0.05, 0.1) is 12.6 Å². The lowest BCUT2D eigenvalue weighted by Crippen LogP contribution is -2.11. The van der Waals surface area contributed by atoms with Crippen LogP contribution in [0, 0.1) is 0 Å². The first-order valence-corrected chi connectivity index (χ1v) is 4.09. The molecule has 2 aromatic rings. The van der Waals surface area contributed by atoms with Gasteiger partial charge in [-0.05, 0) is 12.1 Å². The number of aromatic amines is 1. The third-order valence-electron chi connectivity index (χ3n) is 1.88. The Morgan fingerprint density at radius 1 is 1.50 bits per heavy atom. The SMILES string of the molecule is COC(=O)Nc1n[nH]c2ccccc12. The molecule has 0 saturated carbocycles. The molecular weight excluding hydrogens is 182 g/mol. The second kappa shape index (κ2) is 3.37. The molecule has 5 nitrogen and oxygen atoms in total. The van der Waals surface area contributed by atoms with Crippen molar-refractivity contribution < 1.29 is 9.53 Å². The molecule has 0 atom stereocenters. The topological polar surface area (TPSA) is 67.0 Å². The molecule has 2 N–H and O–H groups in total. The van der Waals surface area contributed by atoms with E-state index in [1.165, 1.54) is 7.11 Å². The lowest BCUT2D eigenvalue weighted by Gasteiger charge is -1.98. The van der Waals surface area contributed by atoms with E-state index in [1.54, 1.807) is 0 Å². The summed E-state index contributed by atoms with van der Waals surface area (Å²) < 4.78 is 4.47. The van der Waals surface area contributed by atoms with Crippen LogP contribution in [0.15, 0.2) is 24.3 Å². The molecular formula is C9H9N3O2. The van der Waals surface area contributed by atoms with E-state index in [9.17, 15) is 4.79 Å². The summed E-state index contributed by atoms with van der Waals surface area (Å²) in [5, 5.41) is 10.1. The Hall–Kier alpha value is -2.04. The Morgan fingerprint density at radius 3 is 3.07 bits per heavy atom. The van der Waals surface area contributed by atoms with Crippen molar-refractivity contribution in [2.24, 2.45) is 0 Å². The second-order valence-corrected chi connectivity index (χ2v) is 2.73. The fraction of sp³-hybridized carbons (Fsp3) is 0.111. The van der Waals surface area contributed by atoms with E-state index in [1.807, 2.05) is 24.3 Å². The fourth-order valence-corrected chi connectivity index (χ4v) is 1.21. The number of nitrogens with zero attached hydrogens (tertiary/aromatic N) is 1. The predicted octanol–water partition coefficient (Wildman–Crippen LogP) is 1.74. The van der Waals surface area contributed by atoms with Crippen molar-refractivity contribution in [2.45, 2.75) is 0 Å². The molecule has 1 heterocycles. The highest BCUT2D eigenvalue weighted by Crippen LogP contribution is 2.19. The number of H-pyrrole nitrogens is 1. The van der Waals surface area contributed by atoms with E-state index in [4.69, 9.17) is 0 Å².